The minimum atomic E-state index is -0.256. The molecule has 1 N–H and O–H groups in total. The number of halogens is 1. The molecule has 0 spiro atoms. The standard InChI is InChI=1S/C13H7FN4S3/c14-7-3-4-8-10(6-7)20-12(15-8)16-13-18-17-11(21-13)9-2-1-5-19-9/h1-6H,(H,15,16,18). The van der Waals surface area contributed by atoms with Crippen molar-refractivity contribution in [1.82, 2.24) is 15.2 Å². The molecule has 1 aromatic carbocycles. The molecule has 0 fully saturated rings. The lowest BCUT2D eigenvalue weighted by Gasteiger charge is -1.92. The third-order valence-corrected chi connectivity index (χ3v) is 5.53. The van der Waals surface area contributed by atoms with Crippen molar-refractivity contribution in [1.29, 1.82) is 0 Å². The number of hydrogen-bond donors (Lipinski definition) is 1. The molecule has 3 aromatic heterocycles. The molecule has 21 heavy (non-hydrogen) atoms. The zero-order chi connectivity index (χ0) is 14.2. The zero-order valence-corrected chi connectivity index (χ0v) is 12.9. The molecular formula is C13H7FN4S3. The highest BCUT2D eigenvalue weighted by Crippen LogP contribution is 2.33. The summed E-state index contributed by atoms with van der Waals surface area (Å²) in [7, 11) is 0. The minimum absolute atomic E-state index is 0.256. The molecule has 4 rings (SSSR count). The largest absolute Gasteiger partial charge is 0.306 e. The van der Waals surface area contributed by atoms with Crippen LogP contribution in [0, 0.1) is 5.82 Å². The number of thiazole rings is 1. The maximum Gasteiger partial charge on any atom is 0.212 e. The first-order valence-corrected chi connectivity index (χ1v) is 8.50. The van der Waals surface area contributed by atoms with Crippen molar-refractivity contribution in [2.75, 3.05) is 5.32 Å². The third-order valence-electron chi connectivity index (χ3n) is 2.72. The molecule has 0 aliphatic rings. The summed E-state index contributed by atoms with van der Waals surface area (Å²) < 4.78 is 14.0. The van der Waals surface area contributed by atoms with Crippen molar-refractivity contribution >= 4 is 54.5 Å². The van der Waals surface area contributed by atoms with Crippen LogP contribution in [0.3, 0.4) is 0 Å². The average Bonchev–Trinajstić information content (AvgIpc) is 3.16. The highest BCUT2D eigenvalue weighted by atomic mass is 32.1. The molecule has 0 aliphatic carbocycles. The third kappa shape index (κ3) is 2.53. The Bertz CT molecular complexity index is 897. The van der Waals surface area contributed by atoms with Crippen molar-refractivity contribution in [3.05, 3.63) is 41.5 Å². The van der Waals surface area contributed by atoms with Crippen LogP contribution < -0.4 is 5.32 Å². The predicted octanol–water partition coefficient (Wildman–Crippen LogP) is 4.76. The maximum absolute atomic E-state index is 13.2. The van der Waals surface area contributed by atoms with Gasteiger partial charge in [0.05, 0.1) is 15.1 Å². The van der Waals surface area contributed by atoms with Crippen molar-refractivity contribution < 1.29 is 4.39 Å². The monoisotopic (exact) mass is 334 g/mol. The van der Waals surface area contributed by atoms with E-state index in [0.29, 0.717) is 10.3 Å². The van der Waals surface area contributed by atoms with E-state index < -0.39 is 0 Å². The summed E-state index contributed by atoms with van der Waals surface area (Å²) in [4.78, 5) is 5.49. The number of benzene rings is 1. The van der Waals surface area contributed by atoms with Crippen LogP contribution in [0.4, 0.5) is 14.7 Å². The molecule has 4 aromatic rings. The molecule has 0 atom stereocenters. The van der Waals surface area contributed by atoms with E-state index >= 15 is 0 Å². The van der Waals surface area contributed by atoms with Gasteiger partial charge in [-0.05, 0) is 29.6 Å². The Labute approximate surface area is 130 Å². The van der Waals surface area contributed by atoms with Gasteiger partial charge in [0.1, 0.15) is 5.82 Å². The molecule has 0 bridgehead atoms. The van der Waals surface area contributed by atoms with E-state index in [1.54, 1.807) is 17.4 Å². The topological polar surface area (TPSA) is 50.7 Å². The number of nitrogens with zero attached hydrogens (tertiary/aromatic N) is 3. The van der Waals surface area contributed by atoms with E-state index in [9.17, 15) is 4.39 Å². The summed E-state index contributed by atoms with van der Waals surface area (Å²) in [6.07, 6.45) is 0. The van der Waals surface area contributed by atoms with Crippen LogP contribution >= 0.6 is 34.0 Å². The van der Waals surface area contributed by atoms with Gasteiger partial charge in [-0.1, -0.05) is 28.7 Å². The van der Waals surface area contributed by atoms with Crippen LogP contribution in [0.1, 0.15) is 0 Å². The van der Waals surface area contributed by atoms with Gasteiger partial charge < -0.3 is 5.32 Å². The van der Waals surface area contributed by atoms with Gasteiger partial charge in [0, 0.05) is 0 Å². The molecule has 104 valence electrons. The van der Waals surface area contributed by atoms with E-state index in [4.69, 9.17) is 0 Å². The Hall–Kier alpha value is -1.90. The Balaban J connectivity index is 1.62. The molecule has 4 nitrogen and oxygen atoms in total. The number of hydrogen-bond acceptors (Lipinski definition) is 7. The second kappa shape index (κ2) is 5.14. The molecule has 3 heterocycles. The van der Waals surface area contributed by atoms with Crippen molar-refractivity contribution in [3.8, 4) is 9.88 Å². The highest BCUT2D eigenvalue weighted by molar-refractivity contribution is 7.24. The molecule has 0 radical (unpaired) electrons. The summed E-state index contributed by atoms with van der Waals surface area (Å²) in [5.74, 6) is -0.256. The lowest BCUT2D eigenvalue weighted by atomic mass is 10.3. The van der Waals surface area contributed by atoms with E-state index in [1.807, 2.05) is 17.5 Å². The van der Waals surface area contributed by atoms with Crippen molar-refractivity contribution in [2.24, 2.45) is 0 Å². The maximum atomic E-state index is 13.2. The molecule has 0 saturated carbocycles. The quantitative estimate of drug-likeness (QED) is 0.587. The summed E-state index contributed by atoms with van der Waals surface area (Å²) >= 11 is 4.49. The van der Waals surface area contributed by atoms with Crippen LogP contribution in [-0.2, 0) is 0 Å². The second-order valence-corrected chi connectivity index (χ2v) is 7.10. The number of aromatic nitrogens is 3. The van der Waals surface area contributed by atoms with Crippen LogP contribution in [0.5, 0.6) is 0 Å². The van der Waals surface area contributed by atoms with Crippen LogP contribution in [0.2, 0.25) is 0 Å². The van der Waals surface area contributed by atoms with Crippen LogP contribution in [0.15, 0.2) is 35.7 Å². The number of thiophene rings is 1. The van der Waals surface area contributed by atoms with E-state index in [1.165, 1.54) is 34.8 Å². The molecule has 0 saturated heterocycles. The Morgan fingerprint density at radius 2 is 2.00 bits per heavy atom. The molecule has 0 unspecified atom stereocenters. The van der Waals surface area contributed by atoms with E-state index in [2.05, 4.69) is 20.5 Å². The Morgan fingerprint density at radius 3 is 2.86 bits per heavy atom. The van der Waals surface area contributed by atoms with Crippen LogP contribution in [-0.4, -0.2) is 15.2 Å². The lowest BCUT2D eigenvalue weighted by molar-refractivity contribution is 0.630. The number of anilines is 2. The zero-order valence-electron chi connectivity index (χ0n) is 10.4. The Kier molecular flexibility index (Phi) is 3.13. The van der Waals surface area contributed by atoms with Gasteiger partial charge in [-0.15, -0.1) is 21.5 Å². The fraction of sp³-hybridized carbons (Fsp3) is 0. The molecule has 8 heteroatoms. The van der Waals surface area contributed by atoms with E-state index in [-0.39, 0.29) is 5.82 Å². The fourth-order valence-corrected chi connectivity index (χ4v) is 4.31. The predicted molar refractivity (Wildman–Crippen MR) is 86.1 cm³/mol. The number of rotatable bonds is 3. The molecular weight excluding hydrogens is 327 g/mol. The van der Waals surface area contributed by atoms with Crippen molar-refractivity contribution in [2.45, 2.75) is 0 Å². The Morgan fingerprint density at radius 1 is 1.05 bits per heavy atom. The SMILES string of the molecule is Fc1ccc2nc(Nc3nnc(-c4cccs4)s3)sc2c1. The van der Waals surface area contributed by atoms with Gasteiger partial charge >= 0.3 is 0 Å². The first-order valence-electron chi connectivity index (χ1n) is 5.98. The molecule has 0 aliphatic heterocycles. The summed E-state index contributed by atoms with van der Waals surface area (Å²) in [5.41, 5.74) is 0.770. The van der Waals surface area contributed by atoms with Gasteiger partial charge in [-0.25, -0.2) is 9.37 Å². The summed E-state index contributed by atoms with van der Waals surface area (Å²) in [6.45, 7) is 0. The minimum Gasteiger partial charge on any atom is -0.306 e. The van der Waals surface area contributed by atoms with Gasteiger partial charge in [-0.3, -0.25) is 0 Å². The average molecular weight is 334 g/mol. The second-order valence-electron chi connectivity index (χ2n) is 4.15. The van der Waals surface area contributed by atoms with Gasteiger partial charge in [0.2, 0.25) is 5.13 Å². The van der Waals surface area contributed by atoms with Crippen LogP contribution in [0.25, 0.3) is 20.1 Å². The number of nitrogens with one attached hydrogen (secondary N) is 1. The highest BCUT2D eigenvalue weighted by Gasteiger charge is 2.10. The first kappa shape index (κ1) is 12.8. The fourth-order valence-electron chi connectivity index (χ4n) is 1.82. The normalized spacial score (nSPS) is 11.1. The smallest absolute Gasteiger partial charge is 0.212 e. The molecule has 0 amide bonds. The van der Waals surface area contributed by atoms with E-state index in [0.717, 1.165) is 20.1 Å². The summed E-state index contributed by atoms with van der Waals surface area (Å²) in [6, 6.07) is 8.55. The lowest BCUT2D eigenvalue weighted by Crippen LogP contribution is -1.87. The van der Waals surface area contributed by atoms with Gasteiger partial charge in [0.25, 0.3) is 0 Å². The van der Waals surface area contributed by atoms with Gasteiger partial charge in [-0.2, -0.15) is 0 Å². The number of fused-ring (bicyclic) bond motifs is 1. The van der Waals surface area contributed by atoms with Gasteiger partial charge in [0.15, 0.2) is 10.1 Å². The first-order chi connectivity index (χ1) is 10.3. The summed E-state index contributed by atoms with van der Waals surface area (Å²) in [5, 5.41) is 15.6. The van der Waals surface area contributed by atoms with Crippen molar-refractivity contribution in [3.63, 3.8) is 0 Å².